The van der Waals surface area contributed by atoms with Crippen LogP contribution in [0.2, 0.25) is 0 Å². The number of hydrogen-bond donors (Lipinski definition) is 0. The van der Waals surface area contributed by atoms with E-state index in [0.29, 0.717) is 12.1 Å². The second-order valence-corrected chi connectivity index (χ2v) is 2.43. The average molecular weight is 137 g/mol. The highest BCUT2D eigenvalue weighted by atomic mass is 16.1. The third kappa shape index (κ3) is 0.531. The van der Waals surface area contributed by atoms with Gasteiger partial charge in [-0.15, -0.1) is 5.10 Å². The predicted molar refractivity (Wildman–Crippen MR) is 33.7 cm³/mol. The van der Waals surface area contributed by atoms with E-state index in [1.54, 1.807) is 11.7 Å². The molecule has 0 unspecified atom stereocenters. The van der Waals surface area contributed by atoms with Gasteiger partial charge in [-0.25, -0.2) is 4.68 Å². The van der Waals surface area contributed by atoms with E-state index in [4.69, 9.17) is 0 Å². The number of fused-ring (bicyclic) bond motifs is 1. The lowest BCUT2D eigenvalue weighted by molar-refractivity contribution is 0.0985. The van der Waals surface area contributed by atoms with Gasteiger partial charge in [0.15, 0.2) is 5.78 Å². The standard InChI is InChI=1S/C6H7N3O/c1-9-6-4(7-8-9)2-3-5(6)10/h2-3H2,1H3. The van der Waals surface area contributed by atoms with Gasteiger partial charge in [0, 0.05) is 19.9 Å². The first-order valence-electron chi connectivity index (χ1n) is 3.21. The summed E-state index contributed by atoms with van der Waals surface area (Å²) in [6, 6.07) is 0. The smallest absolute Gasteiger partial charge is 0.183 e. The first kappa shape index (κ1) is 5.58. The van der Waals surface area contributed by atoms with Crippen molar-refractivity contribution in [2.24, 2.45) is 7.05 Å². The van der Waals surface area contributed by atoms with Crippen LogP contribution in [-0.4, -0.2) is 20.8 Å². The SMILES string of the molecule is Cn1nnc2c1C(=O)CC2. The van der Waals surface area contributed by atoms with Gasteiger partial charge in [0.25, 0.3) is 0 Å². The number of carbonyl (C=O) groups is 1. The van der Waals surface area contributed by atoms with E-state index in [1.165, 1.54) is 0 Å². The molecule has 0 aliphatic heterocycles. The molecular weight excluding hydrogens is 130 g/mol. The van der Waals surface area contributed by atoms with Crippen LogP contribution in [0.15, 0.2) is 0 Å². The Morgan fingerprint density at radius 3 is 3.00 bits per heavy atom. The molecule has 1 heterocycles. The highest BCUT2D eigenvalue weighted by Crippen LogP contribution is 2.17. The Labute approximate surface area is 57.8 Å². The maximum Gasteiger partial charge on any atom is 0.183 e. The van der Waals surface area contributed by atoms with Crippen molar-refractivity contribution in [1.82, 2.24) is 15.0 Å². The second kappa shape index (κ2) is 1.65. The minimum absolute atomic E-state index is 0.169. The Bertz CT molecular complexity index is 289. The molecule has 2 rings (SSSR count). The van der Waals surface area contributed by atoms with Gasteiger partial charge >= 0.3 is 0 Å². The lowest BCUT2D eigenvalue weighted by Crippen LogP contribution is -2.02. The van der Waals surface area contributed by atoms with Gasteiger partial charge in [-0.05, 0) is 0 Å². The third-order valence-corrected chi connectivity index (χ3v) is 1.75. The van der Waals surface area contributed by atoms with Crippen molar-refractivity contribution >= 4 is 5.78 Å². The molecule has 0 fully saturated rings. The summed E-state index contributed by atoms with van der Waals surface area (Å²) in [4.78, 5) is 11.0. The van der Waals surface area contributed by atoms with Gasteiger partial charge < -0.3 is 0 Å². The summed E-state index contributed by atoms with van der Waals surface area (Å²) >= 11 is 0. The van der Waals surface area contributed by atoms with Gasteiger partial charge in [0.2, 0.25) is 0 Å². The molecule has 1 aliphatic carbocycles. The minimum atomic E-state index is 0.169. The maximum absolute atomic E-state index is 11.0. The van der Waals surface area contributed by atoms with Gasteiger partial charge in [-0.2, -0.15) is 0 Å². The van der Waals surface area contributed by atoms with E-state index in [2.05, 4.69) is 10.3 Å². The van der Waals surface area contributed by atoms with Crippen LogP contribution in [0.5, 0.6) is 0 Å². The molecule has 4 nitrogen and oxygen atoms in total. The van der Waals surface area contributed by atoms with E-state index in [1.807, 2.05) is 0 Å². The fourth-order valence-corrected chi connectivity index (χ4v) is 1.26. The number of carbonyl (C=O) groups excluding carboxylic acids is 1. The molecule has 1 aromatic heterocycles. The summed E-state index contributed by atoms with van der Waals surface area (Å²) in [5.41, 5.74) is 1.55. The first-order chi connectivity index (χ1) is 4.79. The summed E-state index contributed by atoms with van der Waals surface area (Å²) in [6.07, 6.45) is 1.37. The van der Waals surface area contributed by atoms with Crippen molar-refractivity contribution in [3.8, 4) is 0 Å². The number of ketones is 1. The van der Waals surface area contributed by atoms with Crippen molar-refractivity contribution in [3.05, 3.63) is 11.4 Å². The van der Waals surface area contributed by atoms with Crippen molar-refractivity contribution in [2.75, 3.05) is 0 Å². The number of hydrogen-bond acceptors (Lipinski definition) is 3. The number of aromatic nitrogens is 3. The Kier molecular flexibility index (Phi) is 0.922. The molecule has 0 saturated carbocycles. The van der Waals surface area contributed by atoms with E-state index in [9.17, 15) is 4.79 Å². The monoisotopic (exact) mass is 137 g/mol. The molecule has 0 radical (unpaired) electrons. The molecule has 1 aliphatic rings. The largest absolute Gasteiger partial charge is 0.292 e. The number of nitrogens with zero attached hydrogens (tertiary/aromatic N) is 3. The molecule has 0 saturated heterocycles. The minimum Gasteiger partial charge on any atom is -0.292 e. The average Bonchev–Trinajstić information content (AvgIpc) is 2.40. The zero-order valence-corrected chi connectivity index (χ0v) is 5.66. The first-order valence-corrected chi connectivity index (χ1v) is 3.21. The van der Waals surface area contributed by atoms with Crippen LogP contribution in [0, 0.1) is 0 Å². The van der Waals surface area contributed by atoms with Gasteiger partial charge in [0.05, 0.1) is 5.69 Å². The number of rotatable bonds is 0. The molecule has 0 spiro atoms. The van der Waals surface area contributed by atoms with Crippen LogP contribution in [0.25, 0.3) is 0 Å². The lowest BCUT2D eigenvalue weighted by atomic mass is 10.3. The zero-order chi connectivity index (χ0) is 7.14. The topological polar surface area (TPSA) is 47.8 Å². The van der Waals surface area contributed by atoms with Crippen molar-refractivity contribution in [2.45, 2.75) is 12.8 Å². The van der Waals surface area contributed by atoms with Crippen LogP contribution in [0.1, 0.15) is 22.6 Å². The molecule has 0 aromatic carbocycles. The number of Topliss-reactive ketones (excluding diaryl/α,β-unsaturated/α-hetero) is 1. The zero-order valence-electron chi connectivity index (χ0n) is 5.66. The molecule has 1 aromatic rings. The summed E-state index contributed by atoms with van der Waals surface area (Å²) in [5.74, 6) is 0.169. The van der Waals surface area contributed by atoms with Crippen LogP contribution in [-0.2, 0) is 13.5 Å². The van der Waals surface area contributed by atoms with Crippen LogP contribution in [0.4, 0.5) is 0 Å². The van der Waals surface area contributed by atoms with Gasteiger partial charge in [-0.3, -0.25) is 4.79 Å². The van der Waals surface area contributed by atoms with Gasteiger partial charge in [-0.1, -0.05) is 5.21 Å². The normalized spacial score (nSPS) is 15.9. The van der Waals surface area contributed by atoms with Crippen LogP contribution >= 0.6 is 0 Å². The molecule has 0 bridgehead atoms. The molecule has 4 heteroatoms. The summed E-state index contributed by atoms with van der Waals surface area (Å²) < 4.78 is 1.55. The van der Waals surface area contributed by atoms with E-state index >= 15 is 0 Å². The summed E-state index contributed by atoms with van der Waals surface area (Å²) in [6.45, 7) is 0. The quantitative estimate of drug-likeness (QED) is 0.503. The molecule has 52 valence electrons. The van der Waals surface area contributed by atoms with Crippen LogP contribution < -0.4 is 0 Å². The summed E-state index contributed by atoms with van der Waals surface area (Å²) in [7, 11) is 1.75. The van der Waals surface area contributed by atoms with Crippen molar-refractivity contribution < 1.29 is 4.79 Å². The Balaban J connectivity index is 2.65. The fourth-order valence-electron chi connectivity index (χ4n) is 1.26. The Morgan fingerprint density at radius 2 is 2.30 bits per heavy atom. The highest BCUT2D eigenvalue weighted by Gasteiger charge is 2.24. The molecule has 0 atom stereocenters. The number of aryl methyl sites for hydroxylation is 2. The van der Waals surface area contributed by atoms with Crippen molar-refractivity contribution in [3.63, 3.8) is 0 Å². The van der Waals surface area contributed by atoms with Crippen LogP contribution in [0.3, 0.4) is 0 Å². The molecule has 0 N–H and O–H groups in total. The third-order valence-electron chi connectivity index (χ3n) is 1.75. The predicted octanol–water partition coefficient (Wildman–Crippen LogP) is -0.0560. The maximum atomic E-state index is 11.0. The highest BCUT2D eigenvalue weighted by molar-refractivity contribution is 5.98. The van der Waals surface area contributed by atoms with Gasteiger partial charge in [0.1, 0.15) is 5.69 Å². The van der Waals surface area contributed by atoms with E-state index in [0.717, 1.165) is 12.1 Å². The Hall–Kier alpha value is -1.19. The molecule has 10 heavy (non-hydrogen) atoms. The fraction of sp³-hybridized carbons (Fsp3) is 0.500. The summed E-state index contributed by atoms with van der Waals surface area (Å²) in [5, 5.41) is 7.57. The van der Waals surface area contributed by atoms with E-state index < -0.39 is 0 Å². The molecule has 0 amide bonds. The van der Waals surface area contributed by atoms with Crippen molar-refractivity contribution in [1.29, 1.82) is 0 Å². The second-order valence-electron chi connectivity index (χ2n) is 2.43. The molecular formula is C6H7N3O. The Morgan fingerprint density at radius 1 is 1.50 bits per heavy atom. The van der Waals surface area contributed by atoms with E-state index in [-0.39, 0.29) is 5.78 Å². The lowest BCUT2D eigenvalue weighted by Gasteiger charge is -1.89.